The van der Waals surface area contributed by atoms with E-state index in [9.17, 15) is 4.79 Å². The second-order valence-electron chi connectivity index (χ2n) is 6.25. The number of likely N-dealkylation sites (tertiary alicyclic amines) is 1. The molecule has 2 aromatic rings. The van der Waals surface area contributed by atoms with Gasteiger partial charge in [-0.2, -0.15) is 0 Å². The standard InChI is InChI=1S/C16H21N5O2/c1-10(2)16(22)21-6-4-5-12(8-21)14-19-20-15(23-14)13-7-17-9-18-11(13)3/h7,9-10,12H,4-6,8H2,1-3H3. The quantitative estimate of drug-likeness (QED) is 0.863. The number of carbonyl (C=O) groups is 1. The van der Waals surface area contributed by atoms with E-state index in [2.05, 4.69) is 20.2 Å². The molecule has 23 heavy (non-hydrogen) atoms. The van der Waals surface area contributed by atoms with Crippen LogP contribution in [-0.2, 0) is 4.79 Å². The molecule has 0 spiro atoms. The van der Waals surface area contributed by atoms with Crippen molar-refractivity contribution in [2.24, 2.45) is 5.92 Å². The van der Waals surface area contributed by atoms with Crippen LogP contribution in [0, 0.1) is 12.8 Å². The zero-order valence-corrected chi connectivity index (χ0v) is 13.7. The van der Waals surface area contributed by atoms with Gasteiger partial charge in [-0.1, -0.05) is 13.8 Å². The van der Waals surface area contributed by atoms with Crippen LogP contribution in [0.1, 0.15) is 44.2 Å². The summed E-state index contributed by atoms with van der Waals surface area (Å²) in [5.74, 6) is 1.31. The second kappa shape index (κ2) is 6.44. The Morgan fingerprint density at radius 3 is 2.96 bits per heavy atom. The molecular formula is C16H21N5O2. The van der Waals surface area contributed by atoms with Gasteiger partial charge in [-0.05, 0) is 19.8 Å². The van der Waals surface area contributed by atoms with Crippen LogP contribution in [0.2, 0.25) is 0 Å². The molecule has 1 fully saturated rings. The van der Waals surface area contributed by atoms with Crippen molar-refractivity contribution in [2.45, 2.75) is 39.5 Å². The van der Waals surface area contributed by atoms with Gasteiger partial charge in [0.05, 0.1) is 17.2 Å². The van der Waals surface area contributed by atoms with Crippen molar-refractivity contribution in [1.82, 2.24) is 25.1 Å². The summed E-state index contributed by atoms with van der Waals surface area (Å²) < 4.78 is 5.84. The van der Waals surface area contributed by atoms with Crippen molar-refractivity contribution < 1.29 is 9.21 Å². The molecule has 0 aliphatic carbocycles. The van der Waals surface area contributed by atoms with E-state index in [0.29, 0.717) is 18.3 Å². The average Bonchev–Trinajstić information content (AvgIpc) is 3.04. The first-order chi connectivity index (χ1) is 11.1. The third-order valence-corrected chi connectivity index (χ3v) is 4.16. The maximum Gasteiger partial charge on any atom is 0.251 e. The number of aryl methyl sites for hydroxylation is 1. The molecule has 7 nitrogen and oxygen atoms in total. The summed E-state index contributed by atoms with van der Waals surface area (Å²) >= 11 is 0. The van der Waals surface area contributed by atoms with Crippen LogP contribution in [0.4, 0.5) is 0 Å². The summed E-state index contributed by atoms with van der Waals surface area (Å²) in [6.45, 7) is 7.18. The third kappa shape index (κ3) is 3.23. The highest BCUT2D eigenvalue weighted by molar-refractivity contribution is 5.78. The van der Waals surface area contributed by atoms with E-state index in [1.807, 2.05) is 25.7 Å². The molecule has 1 amide bonds. The van der Waals surface area contributed by atoms with E-state index in [4.69, 9.17) is 4.42 Å². The van der Waals surface area contributed by atoms with Gasteiger partial charge in [0, 0.05) is 25.2 Å². The molecule has 0 saturated carbocycles. The Morgan fingerprint density at radius 2 is 2.22 bits per heavy atom. The van der Waals surface area contributed by atoms with Crippen LogP contribution in [-0.4, -0.2) is 44.1 Å². The summed E-state index contributed by atoms with van der Waals surface area (Å²) in [5, 5.41) is 8.31. The van der Waals surface area contributed by atoms with E-state index in [1.165, 1.54) is 6.33 Å². The van der Waals surface area contributed by atoms with Crippen molar-refractivity contribution in [2.75, 3.05) is 13.1 Å². The number of rotatable bonds is 3. The summed E-state index contributed by atoms with van der Waals surface area (Å²) in [7, 11) is 0. The fourth-order valence-electron chi connectivity index (χ4n) is 2.85. The minimum absolute atomic E-state index is 0.0103. The Morgan fingerprint density at radius 1 is 1.39 bits per heavy atom. The summed E-state index contributed by atoms with van der Waals surface area (Å²) in [6, 6.07) is 0. The van der Waals surface area contributed by atoms with Crippen LogP contribution < -0.4 is 0 Å². The number of hydrogen-bond acceptors (Lipinski definition) is 6. The molecule has 0 bridgehead atoms. The first-order valence-electron chi connectivity index (χ1n) is 7.95. The zero-order valence-electron chi connectivity index (χ0n) is 13.7. The van der Waals surface area contributed by atoms with Crippen LogP contribution in [0.5, 0.6) is 0 Å². The van der Waals surface area contributed by atoms with Crippen molar-refractivity contribution >= 4 is 5.91 Å². The fraction of sp³-hybridized carbons (Fsp3) is 0.562. The molecule has 1 aliphatic rings. The third-order valence-electron chi connectivity index (χ3n) is 4.16. The van der Waals surface area contributed by atoms with Crippen molar-refractivity contribution in [1.29, 1.82) is 0 Å². The van der Waals surface area contributed by atoms with Gasteiger partial charge in [-0.25, -0.2) is 9.97 Å². The first-order valence-corrected chi connectivity index (χ1v) is 7.95. The molecule has 1 atom stereocenters. The van der Waals surface area contributed by atoms with Crippen molar-refractivity contribution in [3.8, 4) is 11.5 Å². The average molecular weight is 315 g/mol. The Kier molecular flexibility index (Phi) is 4.36. The predicted molar refractivity (Wildman–Crippen MR) is 83.5 cm³/mol. The molecule has 2 aromatic heterocycles. The lowest BCUT2D eigenvalue weighted by Crippen LogP contribution is -2.41. The monoisotopic (exact) mass is 315 g/mol. The number of nitrogens with zero attached hydrogens (tertiary/aromatic N) is 5. The Bertz CT molecular complexity index is 697. The van der Waals surface area contributed by atoms with Gasteiger partial charge in [0.15, 0.2) is 0 Å². The molecule has 7 heteroatoms. The van der Waals surface area contributed by atoms with Crippen LogP contribution in [0.3, 0.4) is 0 Å². The highest BCUT2D eigenvalue weighted by Crippen LogP contribution is 2.29. The van der Waals surface area contributed by atoms with Crippen molar-refractivity contribution in [3.05, 3.63) is 24.1 Å². The Labute approximate surface area is 135 Å². The van der Waals surface area contributed by atoms with Gasteiger partial charge in [-0.15, -0.1) is 10.2 Å². The van der Waals surface area contributed by atoms with Crippen LogP contribution in [0.25, 0.3) is 11.5 Å². The van der Waals surface area contributed by atoms with Crippen LogP contribution in [0.15, 0.2) is 16.9 Å². The number of aromatic nitrogens is 4. The smallest absolute Gasteiger partial charge is 0.251 e. The SMILES string of the molecule is Cc1ncncc1-c1nnc(C2CCCN(C(=O)C(C)C)C2)o1. The zero-order chi connectivity index (χ0) is 16.4. The minimum Gasteiger partial charge on any atom is -0.420 e. The number of hydrogen-bond donors (Lipinski definition) is 0. The van der Waals surface area contributed by atoms with Gasteiger partial charge in [0.2, 0.25) is 11.8 Å². The topological polar surface area (TPSA) is 85.0 Å². The molecule has 3 rings (SSSR count). The highest BCUT2D eigenvalue weighted by atomic mass is 16.4. The van der Waals surface area contributed by atoms with E-state index in [-0.39, 0.29) is 17.7 Å². The van der Waals surface area contributed by atoms with E-state index < -0.39 is 0 Å². The molecule has 0 aromatic carbocycles. The first kappa shape index (κ1) is 15.6. The number of carbonyl (C=O) groups excluding carboxylic acids is 1. The molecule has 122 valence electrons. The van der Waals surface area contributed by atoms with Crippen LogP contribution >= 0.6 is 0 Å². The summed E-state index contributed by atoms with van der Waals surface area (Å²) in [4.78, 5) is 22.2. The van der Waals surface area contributed by atoms with Gasteiger partial charge in [-0.3, -0.25) is 4.79 Å². The van der Waals surface area contributed by atoms with Gasteiger partial charge in [0.25, 0.3) is 5.89 Å². The lowest BCUT2D eigenvalue weighted by molar-refractivity contribution is -0.135. The maximum absolute atomic E-state index is 12.2. The number of piperidine rings is 1. The Balaban J connectivity index is 1.78. The molecule has 0 N–H and O–H groups in total. The second-order valence-corrected chi connectivity index (χ2v) is 6.25. The maximum atomic E-state index is 12.2. The number of amides is 1. The molecule has 1 unspecified atom stereocenters. The largest absolute Gasteiger partial charge is 0.420 e. The Hall–Kier alpha value is -2.31. The van der Waals surface area contributed by atoms with Gasteiger partial charge in [0.1, 0.15) is 6.33 Å². The van der Waals surface area contributed by atoms with E-state index in [0.717, 1.165) is 30.6 Å². The van der Waals surface area contributed by atoms with E-state index in [1.54, 1.807) is 6.20 Å². The fourth-order valence-corrected chi connectivity index (χ4v) is 2.85. The van der Waals surface area contributed by atoms with Gasteiger partial charge < -0.3 is 9.32 Å². The summed E-state index contributed by atoms with van der Waals surface area (Å²) in [6.07, 6.45) is 5.07. The summed E-state index contributed by atoms with van der Waals surface area (Å²) in [5.41, 5.74) is 1.55. The molecule has 3 heterocycles. The van der Waals surface area contributed by atoms with E-state index >= 15 is 0 Å². The highest BCUT2D eigenvalue weighted by Gasteiger charge is 2.29. The normalized spacial score (nSPS) is 18.4. The lowest BCUT2D eigenvalue weighted by Gasteiger charge is -2.32. The molecule has 1 saturated heterocycles. The van der Waals surface area contributed by atoms with Crippen molar-refractivity contribution in [3.63, 3.8) is 0 Å². The predicted octanol–water partition coefficient (Wildman–Crippen LogP) is 2.20. The molecular weight excluding hydrogens is 294 g/mol. The lowest BCUT2D eigenvalue weighted by atomic mass is 9.97. The molecule has 1 aliphatic heterocycles. The molecule has 0 radical (unpaired) electrons. The van der Waals surface area contributed by atoms with Gasteiger partial charge >= 0.3 is 0 Å². The minimum atomic E-state index is 0.0103.